The van der Waals surface area contributed by atoms with E-state index >= 15 is 0 Å². The summed E-state index contributed by atoms with van der Waals surface area (Å²) in [6.07, 6.45) is 9.91. The molecule has 1 aromatic carbocycles. The molecule has 0 amide bonds. The van der Waals surface area contributed by atoms with Gasteiger partial charge in [-0.2, -0.15) is 0 Å². The monoisotopic (exact) mass is 286 g/mol. The first kappa shape index (κ1) is 15.1. The number of nitrogens with zero attached hydrogens (tertiary/aromatic N) is 2. The first-order valence-corrected chi connectivity index (χ1v) is 8.81. The van der Waals surface area contributed by atoms with E-state index in [1.807, 2.05) is 0 Å². The van der Waals surface area contributed by atoms with E-state index in [4.69, 9.17) is 0 Å². The molecular weight excluding hydrogens is 256 g/mol. The number of hydrogen-bond donors (Lipinski definition) is 0. The molecule has 2 aliphatic rings. The summed E-state index contributed by atoms with van der Waals surface area (Å²) in [5, 5.41) is 0. The summed E-state index contributed by atoms with van der Waals surface area (Å²) in [7, 11) is 2.38. The van der Waals surface area contributed by atoms with Crippen LogP contribution in [0.2, 0.25) is 0 Å². The highest BCUT2D eigenvalue weighted by Gasteiger charge is 2.27. The van der Waals surface area contributed by atoms with Crippen LogP contribution in [0.3, 0.4) is 0 Å². The summed E-state index contributed by atoms with van der Waals surface area (Å²) in [4.78, 5) is 5.35. The van der Waals surface area contributed by atoms with E-state index in [0.717, 1.165) is 18.6 Å². The van der Waals surface area contributed by atoms with Crippen molar-refractivity contribution < 1.29 is 0 Å². The quantitative estimate of drug-likeness (QED) is 0.828. The van der Waals surface area contributed by atoms with E-state index in [0.29, 0.717) is 0 Å². The van der Waals surface area contributed by atoms with Gasteiger partial charge in [-0.05, 0) is 51.4 Å². The summed E-state index contributed by atoms with van der Waals surface area (Å²) in [6.45, 7) is 3.65. The van der Waals surface area contributed by atoms with Crippen molar-refractivity contribution in [1.82, 2.24) is 9.80 Å². The van der Waals surface area contributed by atoms with Crippen molar-refractivity contribution in [2.75, 3.05) is 20.1 Å². The molecule has 1 heterocycles. The summed E-state index contributed by atoms with van der Waals surface area (Å²) < 4.78 is 0. The SMILES string of the molecule is CN(C1CCCCC1)C1CCN(Cc2ccccc2)CC1. The molecule has 21 heavy (non-hydrogen) atoms. The maximum Gasteiger partial charge on any atom is 0.0233 e. The molecular formula is C19H30N2. The van der Waals surface area contributed by atoms with Gasteiger partial charge in [0.1, 0.15) is 0 Å². The predicted octanol–water partition coefficient (Wildman–Crippen LogP) is 3.92. The van der Waals surface area contributed by atoms with Crippen molar-refractivity contribution >= 4 is 0 Å². The average molecular weight is 286 g/mol. The number of hydrogen-bond acceptors (Lipinski definition) is 2. The van der Waals surface area contributed by atoms with Crippen LogP contribution in [0.25, 0.3) is 0 Å². The van der Waals surface area contributed by atoms with Crippen LogP contribution in [0.4, 0.5) is 0 Å². The van der Waals surface area contributed by atoms with Gasteiger partial charge in [0.15, 0.2) is 0 Å². The third kappa shape index (κ3) is 4.08. The fraction of sp³-hybridized carbons (Fsp3) is 0.684. The number of piperidine rings is 1. The highest BCUT2D eigenvalue weighted by molar-refractivity contribution is 5.14. The third-order valence-electron chi connectivity index (χ3n) is 5.53. The molecule has 1 aromatic rings. The molecule has 1 aliphatic heterocycles. The normalized spacial score (nSPS) is 22.8. The highest BCUT2D eigenvalue weighted by atomic mass is 15.2. The number of benzene rings is 1. The molecule has 1 aliphatic carbocycles. The fourth-order valence-corrected chi connectivity index (χ4v) is 4.11. The lowest BCUT2D eigenvalue weighted by atomic mass is 9.92. The molecule has 0 spiro atoms. The number of rotatable bonds is 4. The van der Waals surface area contributed by atoms with Gasteiger partial charge in [-0.25, -0.2) is 0 Å². The molecule has 0 radical (unpaired) electrons. The Morgan fingerprint density at radius 1 is 0.905 bits per heavy atom. The van der Waals surface area contributed by atoms with Crippen LogP contribution < -0.4 is 0 Å². The minimum absolute atomic E-state index is 0.820. The Bertz CT molecular complexity index is 403. The highest BCUT2D eigenvalue weighted by Crippen LogP contribution is 2.26. The minimum Gasteiger partial charge on any atom is -0.300 e. The van der Waals surface area contributed by atoms with Crippen molar-refractivity contribution in [1.29, 1.82) is 0 Å². The topological polar surface area (TPSA) is 6.48 Å². The first-order valence-electron chi connectivity index (χ1n) is 8.81. The second kappa shape index (κ2) is 7.42. The van der Waals surface area contributed by atoms with Gasteiger partial charge in [-0.3, -0.25) is 4.90 Å². The van der Waals surface area contributed by atoms with E-state index < -0.39 is 0 Å². The van der Waals surface area contributed by atoms with Crippen LogP contribution in [0.15, 0.2) is 30.3 Å². The summed E-state index contributed by atoms with van der Waals surface area (Å²) in [5.74, 6) is 0. The Morgan fingerprint density at radius 2 is 1.52 bits per heavy atom. The van der Waals surface area contributed by atoms with Crippen LogP contribution >= 0.6 is 0 Å². The van der Waals surface area contributed by atoms with Crippen molar-refractivity contribution in [3.8, 4) is 0 Å². The van der Waals surface area contributed by atoms with E-state index in [1.165, 1.54) is 63.6 Å². The Morgan fingerprint density at radius 3 is 2.19 bits per heavy atom. The van der Waals surface area contributed by atoms with Crippen LogP contribution in [0.5, 0.6) is 0 Å². The molecule has 0 aromatic heterocycles. The molecule has 1 saturated heterocycles. The average Bonchev–Trinajstić information content (AvgIpc) is 2.57. The molecule has 0 atom stereocenters. The molecule has 0 unspecified atom stereocenters. The Balaban J connectivity index is 1.46. The van der Waals surface area contributed by atoms with Gasteiger partial charge in [0.25, 0.3) is 0 Å². The summed E-state index contributed by atoms with van der Waals surface area (Å²) in [5.41, 5.74) is 1.46. The second-order valence-corrected chi connectivity index (χ2v) is 6.95. The van der Waals surface area contributed by atoms with E-state index in [2.05, 4.69) is 47.2 Å². The molecule has 3 rings (SSSR count). The Kier molecular flexibility index (Phi) is 5.32. The molecule has 0 N–H and O–H groups in total. The molecule has 2 nitrogen and oxygen atoms in total. The maximum absolute atomic E-state index is 2.72. The minimum atomic E-state index is 0.820. The van der Waals surface area contributed by atoms with Gasteiger partial charge in [-0.15, -0.1) is 0 Å². The zero-order valence-corrected chi connectivity index (χ0v) is 13.5. The lowest BCUT2D eigenvalue weighted by Gasteiger charge is -2.41. The largest absolute Gasteiger partial charge is 0.300 e. The van der Waals surface area contributed by atoms with Crippen molar-refractivity contribution in [2.45, 2.75) is 63.6 Å². The van der Waals surface area contributed by atoms with Gasteiger partial charge >= 0.3 is 0 Å². The van der Waals surface area contributed by atoms with Crippen molar-refractivity contribution in [3.63, 3.8) is 0 Å². The van der Waals surface area contributed by atoms with Crippen LogP contribution in [0.1, 0.15) is 50.5 Å². The lowest BCUT2D eigenvalue weighted by Crippen LogP contribution is -2.47. The van der Waals surface area contributed by atoms with Gasteiger partial charge < -0.3 is 4.90 Å². The smallest absolute Gasteiger partial charge is 0.0233 e. The van der Waals surface area contributed by atoms with Crippen LogP contribution in [-0.2, 0) is 6.54 Å². The van der Waals surface area contributed by atoms with Gasteiger partial charge in [0.2, 0.25) is 0 Å². The zero-order chi connectivity index (χ0) is 14.5. The Hall–Kier alpha value is -0.860. The van der Waals surface area contributed by atoms with E-state index in [-0.39, 0.29) is 0 Å². The van der Waals surface area contributed by atoms with Crippen molar-refractivity contribution in [2.24, 2.45) is 0 Å². The van der Waals surface area contributed by atoms with Gasteiger partial charge in [0.05, 0.1) is 0 Å². The molecule has 1 saturated carbocycles. The maximum atomic E-state index is 2.72. The molecule has 0 bridgehead atoms. The third-order valence-corrected chi connectivity index (χ3v) is 5.53. The molecule has 2 heteroatoms. The van der Waals surface area contributed by atoms with Gasteiger partial charge in [-0.1, -0.05) is 49.6 Å². The fourth-order valence-electron chi connectivity index (χ4n) is 4.11. The van der Waals surface area contributed by atoms with E-state index in [9.17, 15) is 0 Å². The zero-order valence-electron chi connectivity index (χ0n) is 13.5. The summed E-state index contributed by atoms with van der Waals surface area (Å²) in [6, 6.07) is 12.6. The van der Waals surface area contributed by atoms with Crippen LogP contribution in [-0.4, -0.2) is 42.0 Å². The van der Waals surface area contributed by atoms with Gasteiger partial charge in [0, 0.05) is 18.6 Å². The second-order valence-electron chi connectivity index (χ2n) is 6.95. The van der Waals surface area contributed by atoms with E-state index in [1.54, 1.807) is 0 Å². The van der Waals surface area contributed by atoms with Crippen LogP contribution in [0, 0.1) is 0 Å². The lowest BCUT2D eigenvalue weighted by molar-refractivity contribution is 0.0776. The standard InChI is InChI=1S/C19H30N2/c1-20(18-10-6-3-7-11-18)19-12-14-21(15-13-19)16-17-8-4-2-5-9-17/h2,4-5,8-9,18-19H,3,6-7,10-16H2,1H3. The molecule has 116 valence electrons. The predicted molar refractivity (Wildman–Crippen MR) is 89.4 cm³/mol. The molecule has 2 fully saturated rings. The van der Waals surface area contributed by atoms with Crippen molar-refractivity contribution in [3.05, 3.63) is 35.9 Å². The first-order chi connectivity index (χ1) is 10.3. The summed E-state index contributed by atoms with van der Waals surface area (Å²) >= 11 is 0. The Labute approximate surface area is 130 Å². The number of likely N-dealkylation sites (tertiary alicyclic amines) is 1.